The third-order valence-electron chi connectivity index (χ3n) is 4.93. The predicted octanol–water partition coefficient (Wildman–Crippen LogP) is 1.85. The van der Waals surface area contributed by atoms with Crippen LogP contribution in [0, 0.1) is 0 Å². The first-order valence-electron chi connectivity index (χ1n) is 9.63. The molecule has 2 N–H and O–H groups in total. The zero-order chi connectivity index (χ0) is 20.6. The molecule has 2 aromatic rings. The van der Waals surface area contributed by atoms with Crippen LogP contribution in [-0.2, 0) is 4.79 Å². The van der Waals surface area contributed by atoms with Crippen LogP contribution in [0.1, 0.15) is 33.6 Å². The number of likely N-dealkylation sites (tertiary alicyclic amines) is 1. The van der Waals surface area contributed by atoms with Gasteiger partial charge in [-0.3, -0.25) is 14.4 Å². The standard InChI is InChI=1S/C22H25N3O4/c1-29-19-9-7-17(8-10-19)22(28)25-13-11-18(12-14-25)24-20(26)15-23-21(27)16-5-3-2-4-6-16/h2-10,18H,11-15H2,1H3,(H,23,27)(H,24,26). The molecule has 1 heterocycles. The maximum atomic E-state index is 12.6. The minimum Gasteiger partial charge on any atom is -0.497 e. The van der Waals surface area contributed by atoms with Crippen LogP contribution in [0.25, 0.3) is 0 Å². The lowest BCUT2D eigenvalue weighted by atomic mass is 10.0. The van der Waals surface area contributed by atoms with Crippen molar-refractivity contribution < 1.29 is 19.1 Å². The lowest BCUT2D eigenvalue weighted by Crippen LogP contribution is -2.48. The number of nitrogens with one attached hydrogen (secondary N) is 2. The number of hydrogen-bond acceptors (Lipinski definition) is 4. The van der Waals surface area contributed by atoms with Crippen LogP contribution >= 0.6 is 0 Å². The highest BCUT2D eigenvalue weighted by atomic mass is 16.5. The van der Waals surface area contributed by atoms with Crippen molar-refractivity contribution in [2.24, 2.45) is 0 Å². The van der Waals surface area contributed by atoms with Crippen molar-refractivity contribution in [3.63, 3.8) is 0 Å². The second-order valence-electron chi connectivity index (χ2n) is 6.91. The Bertz CT molecular complexity index is 844. The average molecular weight is 395 g/mol. The Kier molecular flexibility index (Phi) is 6.84. The van der Waals surface area contributed by atoms with E-state index in [0.29, 0.717) is 42.8 Å². The molecule has 0 spiro atoms. The van der Waals surface area contributed by atoms with Crippen molar-refractivity contribution in [2.45, 2.75) is 18.9 Å². The third kappa shape index (κ3) is 5.57. The quantitative estimate of drug-likeness (QED) is 0.781. The summed E-state index contributed by atoms with van der Waals surface area (Å²) in [5.41, 5.74) is 1.14. The van der Waals surface area contributed by atoms with E-state index < -0.39 is 0 Å². The van der Waals surface area contributed by atoms with Crippen LogP contribution in [0.3, 0.4) is 0 Å². The number of piperidine rings is 1. The molecule has 3 rings (SSSR count). The van der Waals surface area contributed by atoms with Crippen LogP contribution in [0.5, 0.6) is 5.75 Å². The Morgan fingerprint density at radius 1 is 0.966 bits per heavy atom. The zero-order valence-corrected chi connectivity index (χ0v) is 16.4. The van der Waals surface area contributed by atoms with E-state index in [1.165, 1.54) is 0 Å². The molecule has 0 aromatic heterocycles. The fraction of sp³-hybridized carbons (Fsp3) is 0.318. The van der Waals surface area contributed by atoms with Gasteiger partial charge in [0.05, 0.1) is 13.7 Å². The highest BCUT2D eigenvalue weighted by molar-refractivity contribution is 5.96. The van der Waals surface area contributed by atoms with Crippen molar-refractivity contribution >= 4 is 17.7 Å². The molecule has 0 radical (unpaired) electrons. The molecule has 2 aromatic carbocycles. The summed E-state index contributed by atoms with van der Waals surface area (Å²) in [6.45, 7) is 1.08. The van der Waals surface area contributed by atoms with Crippen molar-refractivity contribution in [1.29, 1.82) is 0 Å². The highest BCUT2D eigenvalue weighted by Gasteiger charge is 2.24. The second-order valence-corrected chi connectivity index (χ2v) is 6.91. The van der Waals surface area contributed by atoms with Gasteiger partial charge in [0.15, 0.2) is 0 Å². The van der Waals surface area contributed by atoms with Crippen molar-refractivity contribution in [3.8, 4) is 5.75 Å². The molecule has 1 fully saturated rings. The smallest absolute Gasteiger partial charge is 0.253 e. The van der Waals surface area contributed by atoms with E-state index in [1.807, 2.05) is 6.07 Å². The normalized spacial score (nSPS) is 14.2. The molecule has 0 atom stereocenters. The van der Waals surface area contributed by atoms with Gasteiger partial charge in [-0.2, -0.15) is 0 Å². The van der Waals surface area contributed by atoms with Crippen molar-refractivity contribution in [2.75, 3.05) is 26.7 Å². The molecule has 0 saturated carbocycles. The number of ether oxygens (including phenoxy) is 1. The second kappa shape index (κ2) is 9.73. The van der Waals surface area contributed by atoms with Crippen LogP contribution in [-0.4, -0.2) is 55.4 Å². The van der Waals surface area contributed by atoms with E-state index in [0.717, 1.165) is 0 Å². The molecule has 1 aliphatic rings. The summed E-state index contributed by atoms with van der Waals surface area (Å²) >= 11 is 0. The van der Waals surface area contributed by atoms with Gasteiger partial charge in [-0.15, -0.1) is 0 Å². The molecule has 1 aliphatic heterocycles. The molecule has 7 nitrogen and oxygen atoms in total. The number of methoxy groups -OCH3 is 1. The molecule has 1 saturated heterocycles. The van der Waals surface area contributed by atoms with Gasteiger partial charge in [0, 0.05) is 30.3 Å². The Hall–Kier alpha value is -3.35. The maximum absolute atomic E-state index is 12.6. The fourth-order valence-electron chi connectivity index (χ4n) is 3.27. The average Bonchev–Trinajstić information content (AvgIpc) is 2.78. The van der Waals surface area contributed by atoms with Gasteiger partial charge < -0.3 is 20.3 Å². The molecule has 0 unspecified atom stereocenters. The summed E-state index contributed by atoms with van der Waals surface area (Å²) in [7, 11) is 1.59. The number of amides is 3. The largest absolute Gasteiger partial charge is 0.497 e. The number of carbonyl (C=O) groups excluding carboxylic acids is 3. The monoisotopic (exact) mass is 395 g/mol. The van der Waals surface area contributed by atoms with E-state index in [-0.39, 0.29) is 30.3 Å². The Morgan fingerprint density at radius 2 is 1.62 bits per heavy atom. The Balaban J connectivity index is 1.41. The first kappa shape index (κ1) is 20.4. The fourth-order valence-corrected chi connectivity index (χ4v) is 3.27. The first-order chi connectivity index (χ1) is 14.1. The lowest BCUT2D eigenvalue weighted by molar-refractivity contribution is -0.121. The van der Waals surface area contributed by atoms with Crippen LogP contribution in [0.15, 0.2) is 54.6 Å². The maximum Gasteiger partial charge on any atom is 0.253 e. The zero-order valence-electron chi connectivity index (χ0n) is 16.4. The van der Waals surface area contributed by atoms with Gasteiger partial charge >= 0.3 is 0 Å². The molecular weight excluding hydrogens is 370 g/mol. The number of hydrogen-bond donors (Lipinski definition) is 2. The summed E-state index contributed by atoms with van der Waals surface area (Å²) in [5, 5.41) is 5.55. The predicted molar refractivity (Wildman–Crippen MR) is 109 cm³/mol. The number of carbonyl (C=O) groups is 3. The first-order valence-corrected chi connectivity index (χ1v) is 9.63. The SMILES string of the molecule is COc1ccc(C(=O)N2CCC(NC(=O)CNC(=O)c3ccccc3)CC2)cc1. The molecule has 152 valence electrons. The molecule has 0 aliphatic carbocycles. The topological polar surface area (TPSA) is 87.7 Å². The van der Waals surface area contributed by atoms with Gasteiger partial charge in [-0.25, -0.2) is 0 Å². The molecule has 29 heavy (non-hydrogen) atoms. The summed E-state index contributed by atoms with van der Waals surface area (Å²) in [6.07, 6.45) is 1.36. The summed E-state index contributed by atoms with van der Waals surface area (Å²) in [5.74, 6) is 0.185. The van der Waals surface area contributed by atoms with E-state index in [1.54, 1.807) is 60.5 Å². The minimum absolute atomic E-state index is 0.00366. The Morgan fingerprint density at radius 3 is 2.24 bits per heavy atom. The number of rotatable bonds is 6. The highest BCUT2D eigenvalue weighted by Crippen LogP contribution is 2.16. The van der Waals surface area contributed by atoms with E-state index in [4.69, 9.17) is 4.74 Å². The van der Waals surface area contributed by atoms with E-state index >= 15 is 0 Å². The van der Waals surface area contributed by atoms with E-state index in [9.17, 15) is 14.4 Å². The molecule has 7 heteroatoms. The van der Waals surface area contributed by atoms with Crippen molar-refractivity contribution in [1.82, 2.24) is 15.5 Å². The van der Waals surface area contributed by atoms with E-state index in [2.05, 4.69) is 10.6 Å². The van der Waals surface area contributed by atoms with Gasteiger partial charge in [0.25, 0.3) is 11.8 Å². The summed E-state index contributed by atoms with van der Waals surface area (Å²) < 4.78 is 5.11. The van der Waals surface area contributed by atoms with Gasteiger partial charge in [0.2, 0.25) is 5.91 Å². The van der Waals surface area contributed by atoms with Crippen molar-refractivity contribution in [3.05, 3.63) is 65.7 Å². The van der Waals surface area contributed by atoms with Crippen LogP contribution < -0.4 is 15.4 Å². The third-order valence-corrected chi connectivity index (χ3v) is 4.93. The van der Waals surface area contributed by atoms with Crippen LogP contribution in [0.4, 0.5) is 0 Å². The molecule has 0 bridgehead atoms. The Labute approximate surface area is 170 Å². The van der Waals surface area contributed by atoms with Gasteiger partial charge in [-0.05, 0) is 49.2 Å². The molecular formula is C22H25N3O4. The number of nitrogens with zero attached hydrogens (tertiary/aromatic N) is 1. The molecule has 3 amide bonds. The van der Waals surface area contributed by atoms with Crippen LogP contribution in [0.2, 0.25) is 0 Å². The van der Waals surface area contributed by atoms with Gasteiger partial charge in [-0.1, -0.05) is 18.2 Å². The summed E-state index contributed by atoms with van der Waals surface area (Å²) in [4.78, 5) is 38.5. The summed E-state index contributed by atoms with van der Waals surface area (Å²) in [6, 6.07) is 15.8. The minimum atomic E-state index is -0.277. The lowest BCUT2D eigenvalue weighted by Gasteiger charge is -2.32. The number of benzene rings is 2. The van der Waals surface area contributed by atoms with Gasteiger partial charge in [0.1, 0.15) is 5.75 Å².